The minimum atomic E-state index is -1.02. The van der Waals surface area contributed by atoms with Crippen LogP contribution in [0.2, 0.25) is 0 Å². The number of nitrogens with zero attached hydrogens (tertiary/aromatic N) is 1. The second-order valence-electron chi connectivity index (χ2n) is 7.48. The van der Waals surface area contributed by atoms with Gasteiger partial charge in [-0.25, -0.2) is 14.5 Å². The summed E-state index contributed by atoms with van der Waals surface area (Å²) in [6.45, 7) is 0.316. The molecule has 4 rings (SSSR count). The molecule has 7 heteroatoms. The quantitative estimate of drug-likeness (QED) is 0.758. The van der Waals surface area contributed by atoms with Gasteiger partial charge in [-0.05, 0) is 42.7 Å². The number of carbonyl (C=O) groups is 3. The molecule has 1 spiro atoms. The number of ether oxygens (including phenoxy) is 1. The Labute approximate surface area is 168 Å². The van der Waals surface area contributed by atoms with Gasteiger partial charge in [0.15, 0.2) is 6.23 Å². The van der Waals surface area contributed by atoms with Crippen LogP contribution in [0.3, 0.4) is 0 Å². The zero-order valence-corrected chi connectivity index (χ0v) is 15.8. The van der Waals surface area contributed by atoms with Gasteiger partial charge < -0.3 is 15.2 Å². The number of nitrogens with one attached hydrogen (secondary N) is 1. The van der Waals surface area contributed by atoms with Crippen LogP contribution in [0.4, 0.5) is 4.79 Å². The third kappa shape index (κ3) is 3.44. The Morgan fingerprint density at radius 1 is 1.07 bits per heavy atom. The maximum Gasteiger partial charge on any atom is 0.335 e. The number of likely N-dealkylation sites (tertiary alicyclic amines) is 1. The number of amides is 3. The molecular weight excluding hydrogens is 372 g/mol. The van der Waals surface area contributed by atoms with E-state index < -0.39 is 23.6 Å². The predicted molar refractivity (Wildman–Crippen MR) is 104 cm³/mol. The van der Waals surface area contributed by atoms with Crippen molar-refractivity contribution in [2.75, 3.05) is 0 Å². The molecule has 29 heavy (non-hydrogen) atoms. The van der Waals surface area contributed by atoms with Gasteiger partial charge in [-0.3, -0.25) is 4.79 Å². The first-order valence-electron chi connectivity index (χ1n) is 9.67. The molecule has 0 bridgehead atoms. The van der Waals surface area contributed by atoms with Crippen LogP contribution in [-0.4, -0.2) is 34.1 Å². The molecule has 1 saturated carbocycles. The fourth-order valence-corrected chi connectivity index (χ4v) is 4.13. The second kappa shape index (κ2) is 7.58. The number of carboxylic acids is 1. The maximum absolute atomic E-state index is 12.9. The summed E-state index contributed by atoms with van der Waals surface area (Å²) >= 11 is 0. The Morgan fingerprint density at radius 2 is 1.72 bits per heavy atom. The zero-order valence-electron chi connectivity index (χ0n) is 15.8. The van der Waals surface area contributed by atoms with Crippen LogP contribution >= 0.6 is 0 Å². The third-order valence-corrected chi connectivity index (χ3v) is 5.70. The highest BCUT2D eigenvalue weighted by Gasteiger charge is 2.65. The number of hydrogen-bond donors (Lipinski definition) is 2. The lowest BCUT2D eigenvalue weighted by Crippen LogP contribution is -2.73. The highest BCUT2D eigenvalue weighted by atomic mass is 16.5. The SMILES string of the molecule is O=C(O)c1ccc(O[C@@H]2N(C(=O)NCc3ccccc3)C(=O)C23CCCC3)cc1. The van der Waals surface area contributed by atoms with E-state index in [0.717, 1.165) is 23.3 Å². The first kappa shape index (κ1) is 19.0. The Balaban J connectivity index is 1.50. The van der Waals surface area contributed by atoms with E-state index in [0.29, 0.717) is 25.1 Å². The number of imide groups is 1. The standard InChI is InChI=1S/C22H22N2O5/c25-18(26)16-8-10-17(11-9-16)29-20-22(12-4-5-13-22)19(27)24(20)21(28)23-14-15-6-2-1-3-7-15/h1-3,6-11,20H,4-5,12-14H2,(H,23,28)(H,25,26)/t20-/m0/s1. The van der Waals surface area contributed by atoms with Gasteiger partial charge >= 0.3 is 12.0 Å². The van der Waals surface area contributed by atoms with Gasteiger partial charge in [-0.2, -0.15) is 0 Å². The first-order chi connectivity index (χ1) is 14.0. The molecule has 0 aromatic heterocycles. The first-order valence-corrected chi connectivity index (χ1v) is 9.67. The summed E-state index contributed by atoms with van der Waals surface area (Å²) in [5, 5.41) is 11.8. The van der Waals surface area contributed by atoms with Crippen LogP contribution < -0.4 is 10.1 Å². The fraction of sp³-hybridized carbons (Fsp3) is 0.318. The van der Waals surface area contributed by atoms with Crippen LogP contribution in [0.25, 0.3) is 0 Å². The summed E-state index contributed by atoms with van der Waals surface area (Å²) < 4.78 is 6.03. The van der Waals surface area contributed by atoms with Crippen LogP contribution in [0.1, 0.15) is 41.6 Å². The zero-order chi connectivity index (χ0) is 20.4. The number of hydrogen-bond acceptors (Lipinski definition) is 4. The Bertz CT molecular complexity index is 920. The number of β-lactam (4-membered cyclic amide) rings is 1. The predicted octanol–water partition coefficient (Wildman–Crippen LogP) is 3.40. The van der Waals surface area contributed by atoms with Gasteiger partial charge in [-0.15, -0.1) is 0 Å². The largest absolute Gasteiger partial charge is 0.478 e. The molecule has 1 atom stereocenters. The average molecular weight is 394 g/mol. The Kier molecular flexibility index (Phi) is 4.96. The summed E-state index contributed by atoms with van der Waals surface area (Å²) in [4.78, 5) is 37.8. The normalized spacial score (nSPS) is 19.7. The van der Waals surface area contributed by atoms with Crippen LogP contribution in [0.15, 0.2) is 54.6 Å². The number of benzene rings is 2. The van der Waals surface area contributed by atoms with E-state index in [4.69, 9.17) is 9.84 Å². The molecule has 3 amide bonds. The molecule has 150 valence electrons. The molecule has 0 unspecified atom stereocenters. The Hall–Kier alpha value is -3.35. The van der Waals surface area contributed by atoms with Crippen molar-refractivity contribution >= 4 is 17.9 Å². The van der Waals surface area contributed by atoms with Crippen LogP contribution in [-0.2, 0) is 11.3 Å². The van der Waals surface area contributed by atoms with E-state index in [-0.39, 0.29) is 11.5 Å². The molecule has 1 heterocycles. The molecule has 0 radical (unpaired) electrons. The minimum Gasteiger partial charge on any atom is -0.478 e. The van der Waals surface area contributed by atoms with E-state index in [1.807, 2.05) is 30.3 Å². The Morgan fingerprint density at radius 3 is 2.34 bits per heavy atom. The summed E-state index contributed by atoms with van der Waals surface area (Å²) in [6, 6.07) is 15.0. The molecule has 2 aromatic rings. The molecule has 1 aliphatic carbocycles. The average Bonchev–Trinajstić information content (AvgIpc) is 3.26. The molecule has 2 fully saturated rings. The van der Waals surface area contributed by atoms with E-state index in [1.54, 1.807) is 12.1 Å². The van der Waals surface area contributed by atoms with Crippen molar-refractivity contribution in [3.63, 3.8) is 0 Å². The summed E-state index contributed by atoms with van der Waals surface area (Å²) in [6.07, 6.45) is 2.52. The highest BCUT2D eigenvalue weighted by molar-refractivity contribution is 6.03. The molecular formula is C22H22N2O5. The second-order valence-corrected chi connectivity index (χ2v) is 7.48. The molecule has 1 aliphatic heterocycles. The number of carboxylic acid groups (broad SMARTS) is 1. The van der Waals surface area contributed by atoms with Gasteiger partial charge in [0.1, 0.15) is 11.2 Å². The number of carbonyl (C=O) groups excluding carboxylic acids is 2. The van der Waals surface area contributed by atoms with E-state index in [9.17, 15) is 14.4 Å². The number of aromatic carboxylic acids is 1. The summed E-state index contributed by atoms with van der Waals surface area (Å²) in [7, 11) is 0. The lowest BCUT2D eigenvalue weighted by molar-refractivity contribution is -0.188. The fourth-order valence-electron chi connectivity index (χ4n) is 4.13. The van der Waals surface area contributed by atoms with Gasteiger partial charge in [-0.1, -0.05) is 43.2 Å². The van der Waals surface area contributed by atoms with Crippen molar-refractivity contribution in [1.29, 1.82) is 0 Å². The van der Waals surface area contributed by atoms with E-state index in [2.05, 4.69) is 5.32 Å². The van der Waals surface area contributed by atoms with Gasteiger partial charge in [0.2, 0.25) is 5.91 Å². The summed E-state index contributed by atoms with van der Waals surface area (Å²) in [5.41, 5.74) is 0.413. The topological polar surface area (TPSA) is 95.9 Å². The van der Waals surface area contributed by atoms with Crippen molar-refractivity contribution in [2.45, 2.75) is 38.5 Å². The maximum atomic E-state index is 12.9. The smallest absolute Gasteiger partial charge is 0.335 e. The summed E-state index contributed by atoms with van der Waals surface area (Å²) in [5.74, 6) is -0.795. The van der Waals surface area contributed by atoms with Crippen molar-refractivity contribution in [3.8, 4) is 5.75 Å². The van der Waals surface area contributed by atoms with Crippen molar-refractivity contribution < 1.29 is 24.2 Å². The van der Waals surface area contributed by atoms with Gasteiger partial charge in [0, 0.05) is 6.54 Å². The molecule has 2 aliphatic rings. The van der Waals surface area contributed by atoms with E-state index in [1.165, 1.54) is 12.1 Å². The number of urea groups is 1. The highest BCUT2D eigenvalue weighted by Crippen LogP contribution is 2.52. The monoisotopic (exact) mass is 394 g/mol. The van der Waals surface area contributed by atoms with Gasteiger partial charge in [0.05, 0.1) is 5.56 Å². The molecule has 1 saturated heterocycles. The van der Waals surface area contributed by atoms with Crippen molar-refractivity contribution in [2.24, 2.45) is 5.41 Å². The molecule has 2 N–H and O–H groups in total. The molecule has 7 nitrogen and oxygen atoms in total. The third-order valence-electron chi connectivity index (χ3n) is 5.70. The minimum absolute atomic E-state index is 0.148. The van der Waals surface area contributed by atoms with Crippen molar-refractivity contribution in [3.05, 3.63) is 65.7 Å². The lowest BCUT2D eigenvalue weighted by Gasteiger charge is -2.51. The van der Waals surface area contributed by atoms with Gasteiger partial charge in [0.25, 0.3) is 0 Å². The van der Waals surface area contributed by atoms with Crippen LogP contribution in [0, 0.1) is 5.41 Å². The van der Waals surface area contributed by atoms with Crippen LogP contribution in [0.5, 0.6) is 5.75 Å². The van der Waals surface area contributed by atoms with E-state index >= 15 is 0 Å². The van der Waals surface area contributed by atoms with Crippen molar-refractivity contribution in [1.82, 2.24) is 10.2 Å². The lowest BCUT2D eigenvalue weighted by atomic mass is 9.74. The number of rotatable bonds is 5. The molecule has 2 aromatic carbocycles.